The van der Waals surface area contributed by atoms with E-state index in [2.05, 4.69) is 36.2 Å². The fraction of sp³-hybridized carbons (Fsp3) is 0.545. The van der Waals surface area contributed by atoms with E-state index in [9.17, 15) is 0 Å². The number of nitrogen functional groups attached to an aromatic ring is 1. The lowest BCUT2D eigenvalue weighted by atomic mass is 10.1. The molecule has 1 atom stereocenters. The molecular formula is C11H20N4. The average molecular weight is 208 g/mol. The molecule has 1 rings (SSSR count). The maximum absolute atomic E-state index is 5.93. The Bertz CT molecular complexity index is 298. The molecule has 0 saturated carbocycles. The van der Waals surface area contributed by atoms with E-state index in [0.29, 0.717) is 0 Å². The number of nitrogens with two attached hydrogens (primary N) is 1. The van der Waals surface area contributed by atoms with Gasteiger partial charge >= 0.3 is 0 Å². The molecular weight excluding hydrogens is 188 g/mol. The molecule has 4 heteroatoms. The number of aromatic nitrogens is 1. The first kappa shape index (κ1) is 11.9. The third-order valence-corrected chi connectivity index (χ3v) is 2.26. The molecule has 0 fully saturated rings. The molecule has 1 aromatic rings. The summed E-state index contributed by atoms with van der Waals surface area (Å²) in [6.07, 6.45) is 3.56. The number of hydrogen-bond donors (Lipinski definition) is 2. The van der Waals surface area contributed by atoms with Gasteiger partial charge in [0, 0.05) is 36.2 Å². The van der Waals surface area contributed by atoms with E-state index in [1.165, 1.54) is 0 Å². The third-order valence-electron chi connectivity index (χ3n) is 2.26. The Labute approximate surface area is 91.5 Å². The zero-order valence-electron chi connectivity index (χ0n) is 9.70. The zero-order valence-corrected chi connectivity index (χ0v) is 9.70. The van der Waals surface area contributed by atoms with Crippen molar-refractivity contribution in [2.24, 2.45) is 0 Å². The number of pyridine rings is 1. The molecule has 84 valence electrons. The molecule has 0 aliphatic rings. The molecule has 0 bridgehead atoms. The molecule has 0 aliphatic carbocycles. The van der Waals surface area contributed by atoms with Crippen LogP contribution in [0, 0.1) is 0 Å². The molecule has 0 aromatic carbocycles. The lowest BCUT2D eigenvalue weighted by Gasteiger charge is -2.23. The van der Waals surface area contributed by atoms with Crippen LogP contribution in [0.25, 0.3) is 0 Å². The molecule has 4 nitrogen and oxygen atoms in total. The number of anilines is 1. The van der Waals surface area contributed by atoms with Crippen molar-refractivity contribution in [1.82, 2.24) is 15.2 Å². The first-order valence-electron chi connectivity index (χ1n) is 5.22. The number of hydrogen-bond acceptors (Lipinski definition) is 4. The molecule has 1 unspecified atom stereocenters. The predicted octanol–water partition coefficient (Wildman–Crippen LogP) is 0.876. The van der Waals surface area contributed by atoms with Crippen molar-refractivity contribution in [3.63, 3.8) is 0 Å². The van der Waals surface area contributed by atoms with Gasteiger partial charge in [-0.2, -0.15) is 0 Å². The van der Waals surface area contributed by atoms with Gasteiger partial charge in [0.05, 0.1) is 0 Å². The average Bonchev–Trinajstić information content (AvgIpc) is 2.17. The van der Waals surface area contributed by atoms with E-state index in [1.54, 1.807) is 6.20 Å². The van der Waals surface area contributed by atoms with Crippen LogP contribution in [-0.4, -0.2) is 37.1 Å². The summed E-state index contributed by atoms with van der Waals surface area (Å²) in [7, 11) is 4.10. The van der Waals surface area contributed by atoms with Crippen molar-refractivity contribution >= 4 is 5.69 Å². The standard InChI is InChI=1S/C11H20N4/c1-4-14-11(8-15(2)3)9-7-13-6-5-10(9)12/h5-7,11,14H,4,8H2,1-3H3,(H2,12,13). The minimum absolute atomic E-state index is 0.249. The van der Waals surface area contributed by atoms with Crippen LogP contribution in [0.4, 0.5) is 5.69 Å². The van der Waals surface area contributed by atoms with Crippen LogP contribution < -0.4 is 11.1 Å². The summed E-state index contributed by atoms with van der Waals surface area (Å²) in [6, 6.07) is 2.09. The minimum Gasteiger partial charge on any atom is -0.398 e. The van der Waals surface area contributed by atoms with Gasteiger partial charge in [-0.3, -0.25) is 4.98 Å². The lowest BCUT2D eigenvalue weighted by molar-refractivity contribution is 0.345. The monoisotopic (exact) mass is 208 g/mol. The summed E-state index contributed by atoms with van der Waals surface area (Å²) in [5, 5.41) is 3.41. The van der Waals surface area contributed by atoms with Gasteiger partial charge in [-0.25, -0.2) is 0 Å². The van der Waals surface area contributed by atoms with E-state index in [-0.39, 0.29) is 6.04 Å². The van der Waals surface area contributed by atoms with Gasteiger partial charge in [0.15, 0.2) is 0 Å². The van der Waals surface area contributed by atoms with Crippen molar-refractivity contribution in [2.75, 3.05) is 32.9 Å². The molecule has 0 radical (unpaired) electrons. The number of nitrogens with zero attached hydrogens (tertiary/aromatic N) is 2. The molecule has 0 spiro atoms. The minimum atomic E-state index is 0.249. The highest BCUT2D eigenvalue weighted by molar-refractivity contribution is 5.46. The van der Waals surface area contributed by atoms with Crippen LogP contribution in [0.2, 0.25) is 0 Å². The maximum atomic E-state index is 5.93. The van der Waals surface area contributed by atoms with Crippen molar-refractivity contribution in [3.05, 3.63) is 24.0 Å². The molecule has 0 saturated heterocycles. The van der Waals surface area contributed by atoms with Gasteiger partial charge in [0.25, 0.3) is 0 Å². The van der Waals surface area contributed by atoms with Gasteiger partial charge in [-0.05, 0) is 26.7 Å². The summed E-state index contributed by atoms with van der Waals surface area (Å²) in [5.74, 6) is 0. The largest absolute Gasteiger partial charge is 0.398 e. The Morgan fingerprint density at radius 1 is 1.53 bits per heavy atom. The second kappa shape index (κ2) is 5.68. The van der Waals surface area contributed by atoms with Crippen LogP contribution in [0.5, 0.6) is 0 Å². The van der Waals surface area contributed by atoms with Crippen LogP contribution in [0.1, 0.15) is 18.5 Å². The molecule has 3 N–H and O–H groups in total. The Morgan fingerprint density at radius 2 is 2.27 bits per heavy atom. The number of nitrogens with one attached hydrogen (secondary N) is 1. The fourth-order valence-corrected chi connectivity index (χ4v) is 1.59. The third kappa shape index (κ3) is 3.49. The summed E-state index contributed by atoms with van der Waals surface area (Å²) < 4.78 is 0. The zero-order chi connectivity index (χ0) is 11.3. The summed E-state index contributed by atoms with van der Waals surface area (Å²) in [5.41, 5.74) is 7.81. The maximum Gasteiger partial charge on any atom is 0.0484 e. The smallest absolute Gasteiger partial charge is 0.0484 e. The van der Waals surface area contributed by atoms with E-state index in [1.807, 2.05) is 12.3 Å². The van der Waals surface area contributed by atoms with Gasteiger partial charge in [-0.15, -0.1) is 0 Å². The van der Waals surface area contributed by atoms with Crippen molar-refractivity contribution in [2.45, 2.75) is 13.0 Å². The van der Waals surface area contributed by atoms with Crippen molar-refractivity contribution < 1.29 is 0 Å². The van der Waals surface area contributed by atoms with Gasteiger partial charge in [0.1, 0.15) is 0 Å². The van der Waals surface area contributed by atoms with Crippen LogP contribution in [0.15, 0.2) is 18.5 Å². The Kier molecular flexibility index (Phi) is 4.52. The first-order valence-corrected chi connectivity index (χ1v) is 5.22. The summed E-state index contributed by atoms with van der Waals surface area (Å²) >= 11 is 0. The molecule has 0 amide bonds. The molecule has 1 heterocycles. The first-order chi connectivity index (χ1) is 7.15. The fourth-order valence-electron chi connectivity index (χ4n) is 1.59. The Balaban J connectivity index is 2.83. The van der Waals surface area contributed by atoms with Gasteiger partial charge < -0.3 is 16.0 Å². The Hall–Kier alpha value is -1.13. The van der Waals surface area contributed by atoms with Gasteiger partial charge in [-0.1, -0.05) is 6.92 Å². The number of rotatable bonds is 5. The molecule has 1 aromatic heterocycles. The van der Waals surface area contributed by atoms with Crippen LogP contribution in [-0.2, 0) is 0 Å². The van der Waals surface area contributed by atoms with Crippen molar-refractivity contribution in [1.29, 1.82) is 0 Å². The van der Waals surface area contributed by atoms with Crippen molar-refractivity contribution in [3.8, 4) is 0 Å². The quantitative estimate of drug-likeness (QED) is 0.754. The Morgan fingerprint density at radius 3 is 2.80 bits per heavy atom. The number of likely N-dealkylation sites (N-methyl/N-ethyl adjacent to an activating group) is 2. The van der Waals surface area contributed by atoms with E-state index >= 15 is 0 Å². The van der Waals surface area contributed by atoms with E-state index in [0.717, 1.165) is 24.3 Å². The normalized spacial score (nSPS) is 13.1. The highest BCUT2D eigenvalue weighted by atomic mass is 15.1. The van der Waals surface area contributed by atoms with Crippen LogP contribution in [0.3, 0.4) is 0 Å². The predicted molar refractivity (Wildman–Crippen MR) is 63.6 cm³/mol. The van der Waals surface area contributed by atoms with Gasteiger partial charge in [0.2, 0.25) is 0 Å². The lowest BCUT2D eigenvalue weighted by Crippen LogP contribution is -2.31. The van der Waals surface area contributed by atoms with E-state index < -0.39 is 0 Å². The highest BCUT2D eigenvalue weighted by Gasteiger charge is 2.13. The topological polar surface area (TPSA) is 54.2 Å². The molecule has 15 heavy (non-hydrogen) atoms. The highest BCUT2D eigenvalue weighted by Crippen LogP contribution is 2.19. The van der Waals surface area contributed by atoms with Crippen LogP contribution >= 0.6 is 0 Å². The second-order valence-electron chi connectivity index (χ2n) is 3.88. The summed E-state index contributed by atoms with van der Waals surface area (Å²) in [6.45, 7) is 3.94. The van der Waals surface area contributed by atoms with E-state index in [4.69, 9.17) is 5.73 Å². The summed E-state index contributed by atoms with van der Waals surface area (Å²) in [4.78, 5) is 6.26. The second-order valence-corrected chi connectivity index (χ2v) is 3.88. The SMILES string of the molecule is CCNC(CN(C)C)c1cnccc1N. The molecule has 0 aliphatic heterocycles.